The van der Waals surface area contributed by atoms with Crippen molar-refractivity contribution >= 4 is 6.09 Å². The number of nitrogens with one attached hydrogen (secondary N) is 1. The lowest BCUT2D eigenvalue weighted by Crippen LogP contribution is -2.41. The van der Waals surface area contributed by atoms with Gasteiger partial charge in [-0.3, -0.25) is 0 Å². The van der Waals surface area contributed by atoms with Crippen LogP contribution in [0.15, 0.2) is 48.5 Å². The molecule has 4 rings (SSSR count). The molecule has 2 aliphatic rings. The number of alkyl carbamates (subject to hydrolysis) is 1. The predicted octanol–water partition coefficient (Wildman–Crippen LogP) is 5.25. The second-order valence-electron chi connectivity index (χ2n) is 8.34. The summed E-state index contributed by atoms with van der Waals surface area (Å²) in [5.74, 6) is 0.507. The van der Waals surface area contributed by atoms with Gasteiger partial charge in [0.25, 0.3) is 0 Å². The van der Waals surface area contributed by atoms with Crippen LogP contribution in [0.3, 0.4) is 0 Å². The third kappa shape index (κ3) is 4.48. The van der Waals surface area contributed by atoms with Crippen molar-refractivity contribution in [2.75, 3.05) is 13.2 Å². The number of hydrogen-bond donors (Lipinski definition) is 2. The number of amides is 1. The zero-order valence-electron chi connectivity index (χ0n) is 17.0. The van der Waals surface area contributed by atoms with Gasteiger partial charge in [0.05, 0.1) is 0 Å². The summed E-state index contributed by atoms with van der Waals surface area (Å²) in [4.78, 5) is 12.6. The Morgan fingerprint density at radius 1 is 0.966 bits per heavy atom. The van der Waals surface area contributed by atoms with Gasteiger partial charge in [0.2, 0.25) is 0 Å². The lowest BCUT2D eigenvalue weighted by molar-refractivity contribution is 0.129. The first kappa shape index (κ1) is 20.0. The monoisotopic (exact) mass is 393 g/mol. The maximum atomic E-state index is 12.6. The van der Waals surface area contributed by atoms with Gasteiger partial charge in [-0.25, -0.2) is 4.79 Å². The maximum Gasteiger partial charge on any atom is 0.407 e. The van der Waals surface area contributed by atoms with Crippen LogP contribution in [0.5, 0.6) is 0 Å². The number of aliphatic hydroxyl groups is 1. The zero-order chi connectivity index (χ0) is 20.1. The van der Waals surface area contributed by atoms with Crippen molar-refractivity contribution in [3.05, 3.63) is 59.7 Å². The minimum Gasteiger partial charge on any atom is -0.449 e. The van der Waals surface area contributed by atoms with Crippen LogP contribution >= 0.6 is 0 Å². The van der Waals surface area contributed by atoms with E-state index in [9.17, 15) is 9.90 Å². The lowest BCUT2D eigenvalue weighted by atomic mass is 9.90. The van der Waals surface area contributed by atoms with Crippen LogP contribution < -0.4 is 5.32 Å². The first-order chi connectivity index (χ1) is 14.3. The van der Waals surface area contributed by atoms with Crippen LogP contribution in [0.25, 0.3) is 11.1 Å². The van der Waals surface area contributed by atoms with E-state index in [4.69, 9.17) is 4.74 Å². The van der Waals surface area contributed by atoms with E-state index in [1.165, 1.54) is 47.9 Å². The first-order valence-electron chi connectivity index (χ1n) is 11.0. The molecule has 0 aromatic heterocycles. The molecule has 1 unspecified atom stereocenters. The Kier molecular flexibility index (Phi) is 6.50. The number of hydrogen-bond acceptors (Lipinski definition) is 3. The quantitative estimate of drug-likeness (QED) is 0.659. The Balaban J connectivity index is 1.41. The fraction of sp³-hybridized carbons (Fsp3) is 0.480. The van der Waals surface area contributed by atoms with Gasteiger partial charge in [0.15, 0.2) is 0 Å². The van der Waals surface area contributed by atoms with Crippen molar-refractivity contribution in [2.45, 2.75) is 56.9 Å². The SMILES string of the molecule is O=C(NC(CCO)C1CCCCCC1)OCC1c2ccccc2-c2ccccc21. The Bertz CT molecular complexity index is 781. The highest BCUT2D eigenvalue weighted by molar-refractivity contribution is 5.79. The summed E-state index contributed by atoms with van der Waals surface area (Å²) in [6.45, 7) is 0.418. The van der Waals surface area contributed by atoms with Crippen LogP contribution in [-0.4, -0.2) is 30.5 Å². The molecule has 0 heterocycles. The summed E-state index contributed by atoms with van der Waals surface area (Å²) in [6, 6.07) is 16.7. The molecule has 0 radical (unpaired) electrons. The van der Waals surface area contributed by atoms with Gasteiger partial charge in [0, 0.05) is 18.6 Å². The molecule has 0 bridgehead atoms. The van der Waals surface area contributed by atoms with E-state index in [0.29, 0.717) is 18.9 Å². The summed E-state index contributed by atoms with van der Waals surface area (Å²) in [7, 11) is 0. The smallest absolute Gasteiger partial charge is 0.407 e. The molecule has 0 spiro atoms. The van der Waals surface area contributed by atoms with Crippen LogP contribution in [0.4, 0.5) is 4.79 Å². The molecule has 154 valence electrons. The molecule has 1 fully saturated rings. The van der Waals surface area contributed by atoms with Crippen LogP contribution in [-0.2, 0) is 4.74 Å². The Labute approximate surface area is 173 Å². The van der Waals surface area contributed by atoms with E-state index in [-0.39, 0.29) is 24.7 Å². The average molecular weight is 394 g/mol. The van der Waals surface area contributed by atoms with Crippen molar-refractivity contribution in [2.24, 2.45) is 5.92 Å². The molecule has 29 heavy (non-hydrogen) atoms. The summed E-state index contributed by atoms with van der Waals surface area (Å²) >= 11 is 0. The van der Waals surface area contributed by atoms with E-state index < -0.39 is 0 Å². The standard InChI is InChI=1S/C25H31NO3/c27-16-15-24(18-9-3-1-2-4-10-18)26-25(28)29-17-23-21-13-7-5-11-19(21)20-12-6-8-14-22(20)23/h5-8,11-14,18,23-24,27H,1-4,9-10,15-17H2,(H,26,28). The van der Waals surface area contributed by atoms with Gasteiger partial charge < -0.3 is 15.2 Å². The molecule has 0 saturated heterocycles. The molecule has 2 aliphatic carbocycles. The van der Waals surface area contributed by atoms with Gasteiger partial charge in [0.1, 0.15) is 6.61 Å². The van der Waals surface area contributed by atoms with Crippen molar-refractivity contribution in [1.82, 2.24) is 5.32 Å². The van der Waals surface area contributed by atoms with Crippen molar-refractivity contribution in [3.63, 3.8) is 0 Å². The van der Waals surface area contributed by atoms with Crippen molar-refractivity contribution in [3.8, 4) is 11.1 Å². The van der Waals surface area contributed by atoms with Gasteiger partial charge in [-0.05, 0) is 47.4 Å². The average Bonchev–Trinajstić information content (AvgIpc) is 2.88. The molecule has 0 aliphatic heterocycles. The van der Waals surface area contributed by atoms with E-state index in [0.717, 1.165) is 12.8 Å². The molecule has 4 nitrogen and oxygen atoms in total. The number of ether oxygens (including phenoxy) is 1. The van der Waals surface area contributed by atoms with Crippen LogP contribution in [0, 0.1) is 5.92 Å². The number of aliphatic hydroxyl groups excluding tert-OH is 1. The molecule has 1 amide bonds. The normalized spacial score (nSPS) is 17.8. The fourth-order valence-electron chi connectivity index (χ4n) is 5.07. The third-order valence-corrected chi connectivity index (χ3v) is 6.56. The highest BCUT2D eigenvalue weighted by Crippen LogP contribution is 2.44. The van der Waals surface area contributed by atoms with E-state index in [2.05, 4.69) is 41.7 Å². The minimum absolute atomic E-state index is 0.00579. The zero-order valence-corrected chi connectivity index (χ0v) is 17.0. The summed E-state index contributed by atoms with van der Waals surface area (Å²) < 4.78 is 5.71. The molecule has 2 N–H and O–H groups in total. The van der Waals surface area contributed by atoms with Gasteiger partial charge in [-0.2, -0.15) is 0 Å². The molecule has 2 aromatic carbocycles. The van der Waals surface area contributed by atoms with E-state index in [1.807, 2.05) is 12.1 Å². The number of rotatable bonds is 6. The first-order valence-corrected chi connectivity index (χ1v) is 11.0. The lowest BCUT2D eigenvalue weighted by Gasteiger charge is -2.26. The number of carbonyl (C=O) groups is 1. The molecule has 1 saturated carbocycles. The van der Waals surface area contributed by atoms with Gasteiger partial charge in [-0.15, -0.1) is 0 Å². The van der Waals surface area contributed by atoms with Crippen LogP contribution in [0.2, 0.25) is 0 Å². The van der Waals surface area contributed by atoms with Crippen molar-refractivity contribution in [1.29, 1.82) is 0 Å². The Hall–Kier alpha value is -2.33. The largest absolute Gasteiger partial charge is 0.449 e. The number of carbonyl (C=O) groups excluding carboxylic acids is 1. The highest BCUT2D eigenvalue weighted by Gasteiger charge is 2.30. The van der Waals surface area contributed by atoms with E-state index in [1.54, 1.807) is 0 Å². The summed E-state index contributed by atoms with van der Waals surface area (Å²) in [5, 5.41) is 12.5. The van der Waals surface area contributed by atoms with E-state index >= 15 is 0 Å². The highest BCUT2D eigenvalue weighted by atomic mass is 16.5. The van der Waals surface area contributed by atoms with Crippen LogP contribution in [0.1, 0.15) is 62.0 Å². The Morgan fingerprint density at radius 3 is 2.14 bits per heavy atom. The molecular formula is C25H31NO3. The third-order valence-electron chi connectivity index (χ3n) is 6.56. The maximum absolute atomic E-state index is 12.6. The molecule has 4 heteroatoms. The van der Waals surface area contributed by atoms with Gasteiger partial charge in [-0.1, -0.05) is 74.2 Å². The molecular weight excluding hydrogens is 362 g/mol. The topological polar surface area (TPSA) is 58.6 Å². The second kappa shape index (κ2) is 9.45. The Morgan fingerprint density at radius 2 is 1.55 bits per heavy atom. The number of fused-ring (bicyclic) bond motifs is 3. The number of benzene rings is 2. The summed E-state index contributed by atoms with van der Waals surface area (Å²) in [5.41, 5.74) is 4.90. The predicted molar refractivity (Wildman–Crippen MR) is 115 cm³/mol. The van der Waals surface area contributed by atoms with Crippen molar-refractivity contribution < 1.29 is 14.6 Å². The fourth-order valence-corrected chi connectivity index (χ4v) is 5.07. The second-order valence-corrected chi connectivity index (χ2v) is 8.34. The molecule has 2 aromatic rings. The summed E-state index contributed by atoms with van der Waals surface area (Å²) in [6.07, 6.45) is 7.42. The minimum atomic E-state index is -0.366. The van der Waals surface area contributed by atoms with Gasteiger partial charge >= 0.3 is 6.09 Å². The molecule has 1 atom stereocenters.